The first-order chi connectivity index (χ1) is 9.52. The zero-order chi connectivity index (χ0) is 14.4. The van der Waals surface area contributed by atoms with Gasteiger partial charge in [0.15, 0.2) is 10.4 Å². The number of H-pyrrole nitrogens is 1. The van der Waals surface area contributed by atoms with E-state index in [1.807, 2.05) is 30.8 Å². The van der Waals surface area contributed by atoms with Crippen molar-refractivity contribution < 1.29 is 4.42 Å². The van der Waals surface area contributed by atoms with Gasteiger partial charge in [0, 0.05) is 7.05 Å². The van der Waals surface area contributed by atoms with Crippen LogP contribution in [0.1, 0.15) is 37.1 Å². The molecule has 0 amide bonds. The van der Waals surface area contributed by atoms with Crippen molar-refractivity contribution in [1.29, 1.82) is 0 Å². The molecule has 1 unspecified atom stereocenters. The molecule has 20 heavy (non-hydrogen) atoms. The molecule has 106 valence electrons. The average Bonchev–Trinajstić information content (AvgIpc) is 3.05. The maximum atomic E-state index is 5.74. The van der Waals surface area contributed by atoms with Gasteiger partial charge in [-0.1, -0.05) is 6.92 Å². The number of aromatic nitrogens is 4. The second-order valence-electron chi connectivity index (χ2n) is 5.05. The highest BCUT2D eigenvalue weighted by Crippen LogP contribution is 2.27. The molecule has 5 nitrogen and oxygen atoms in total. The van der Waals surface area contributed by atoms with Crippen molar-refractivity contribution in [1.82, 2.24) is 19.3 Å². The van der Waals surface area contributed by atoms with Crippen LogP contribution in [-0.2, 0) is 13.5 Å². The van der Waals surface area contributed by atoms with Crippen LogP contribution in [0.15, 0.2) is 16.5 Å². The molecule has 0 aliphatic heterocycles. The number of hydrogen-bond donors (Lipinski definition) is 1. The third kappa shape index (κ3) is 1.83. The maximum Gasteiger partial charge on any atom is 0.180 e. The Hall–Kier alpha value is -1.82. The first-order valence-electron chi connectivity index (χ1n) is 6.75. The Balaban J connectivity index is 2.23. The van der Waals surface area contributed by atoms with Crippen LogP contribution in [0, 0.1) is 11.7 Å². The Morgan fingerprint density at radius 2 is 2.20 bits per heavy atom. The molecule has 0 bridgehead atoms. The summed E-state index contributed by atoms with van der Waals surface area (Å²) in [6, 6.07) is 4.00. The smallest absolute Gasteiger partial charge is 0.180 e. The molecule has 3 heterocycles. The van der Waals surface area contributed by atoms with Gasteiger partial charge in [0.1, 0.15) is 17.0 Å². The van der Waals surface area contributed by atoms with Crippen molar-refractivity contribution in [2.24, 2.45) is 7.05 Å². The van der Waals surface area contributed by atoms with Crippen molar-refractivity contribution in [2.75, 3.05) is 0 Å². The topological polar surface area (TPSA) is 51.7 Å². The Morgan fingerprint density at radius 1 is 1.45 bits per heavy atom. The molecule has 3 aromatic heterocycles. The number of furan rings is 1. The molecular weight excluding hydrogens is 272 g/mol. The number of nitrogens with zero attached hydrogens (tertiary/aromatic N) is 3. The number of imidazole rings is 1. The lowest BCUT2D eigenvalue weighted by molar-refractivity contribution is 0.429. The van der Waals surface area contributed by atoms with Gasteiger partial charge in [-0.2, -0.15) is 5.10 Å². The van der Waals surface area contributed by atoms with Crippen molar-refractivity contribution in [3.05, 3.63) is 34.1 Å². The van der Waals surface area contributed by atoms with Crippen molar-refractivity contribution in [2.45, 2.75) is 33.2 Å². The number of aromatic amines is 1. The van der Waals surface area contributed by atoms with E-state index in [9.17, 15) is 0 Å². The predicted molar refractivity (Wildman–Crippen MR) is 80.5 cm³/mol. The van der Waals surface area contributed by atoms with E-state index in [1.165, 1.54) is 0 Å². The molecule has 0 saturated carbocycles. The molecule has 0 aromatic carbocycles. The lowest BCUT2D eigenvalue weighted by Gasteiger charge is -2.12. The molecule has 0 spiro atoms. The fraction of sp³-hybridized carbons (Fsp3) is 0.429. The van der Waals surface area contributed by atoms with Crippen LogP contribution >= 0.6 is 12.2 Å². The highest BCUT2D eigenvalue weighted by atomic mass is 32.1. The summed E-state index contributed by atoms with van der Waals surface area (Å²) in [5.74, 6) is 1.81. The molecule has 6 heteroatoms. The van der Waals surface area contributed by atoms with Gasteiger partial charge in [-0.25, -0.2) is 0 Å². The van der Waals surface area contributed by atoms with Crippen molar-refractivity contribution in [3.63, 3.8) is 0 Å². The lowest BCUT2D eigenvalue weighted by Crippen LogP contribution is -2.09. The molecular formula is C14H18N4OS. The first kappa shape index (κ1) is 13.2. The largest absolute Gasteiger partial charge is 0.464 e. The van der Waals surface area contributed by atoms with E-state index >= 15 is 0 Å². The fourth-order valence-corrected chi connectivity index (χ4v) is 3.00. The standard InChI is InChI=1S/C14H18N4OS/c1-5-10-12-13(17(4)16-10)18(14(20)15-12)9(3)11-7-6-8(2)19-11/h6-7,9H,5H2,1-4H3,(H,15,20). The van der Waals surface area contributed by atoms with E-state index in [0.717, 1.165) is 34.8 Å². The number of fused-ring (bicyclic) bond motifs is 1. The monoisotopic (exact) mass is 290 g/mol. The third-order valence-electron chi connectivity index (χ3n) is 3.66. The van der Waals surface area contributed by atoms with Gasteiger partial charge in [-0.15, -0.1) is 0 Å². The summed E-state index contributed by atoms with van der Waals surface area (Å²) >= 11 is 5.48. The molecule has 0 saturated heterocycles. The van der Waals surface area contributed by atoms with Gasteiger partial charge in [-0.05, 0) is 44.6 Å². The summed E-state index contributed by atoms with van der Waals surface area (Å²) in [4.78, 5) is 3.28. The Labute approximate surface area is 122 Å². The molecule has 1 atom stereocenters. The van der Waals surface area contributed by atoms with E-state index < -0.39 is 0 Å². The van der Waals surface area contributed by atoms with Crippen LogP contribution in [0.25, 0.3) is 11.2 Å². The van der Waals surface area contributed by atoms with Crippen LogP contribution in [0.5, 0.6) is 0 Å². The summed E-state index contributed by atoms with van der Waals surface area (Å²) < 4.78 is 10.4. The summed E-state index contributed by atoms with van der Waals surface area (Å²) in [7, 11) is 1.95. The summed E-state index contributed by atoms with van der Waals surface area (Å²) in [5, 5.41) is 4.54. The lowest BCUT2D eigenvalue weighted by atomic mass is 10.2. The minimum atomic E-state index is 0.0325. The van der Waals surface area contributed by atoms with E-state index in [-0.39, 0.29) is 6.04 Å². The van der Waals surface area contributed by atoms with E-state index in [0.29, 0.717) is 4.77 Å². The van der Waals surface area contributed by atoms with Gasteiger partial charge in [0.25, 0.3) is 0 Å². The summed E-state index contributed by atoms with van der Waals surface area (Å²) in [5.41, 5.74) is 3.07. The minimum Gasteiger partial charge on any atom is -0.464 e. The van der Waals surface area contributed by atoms with Crippen LogP contribution in [0.4, 0.5) is 0 Å². The van der Waals surface area contributed by atoms with Crippen molar-refractivity contribution in [3.8, 4) is 0 Å². The zero-order valence-electron chi connectivity index (χ0n) is 12.1. The Kier molecular flexibility index (Phi) is 3.05. The molecule has 3 rings (SSSR count). The Bertz CT molecular complexity index is 820. The Morgan fingerprint density at radius 3 is 2.80 bits per heavy atom. The van der Waals surface area contributed by atoms with Crippen LogP contribution in [0.2, 0.25) is 0 Å². The minimum absolute atomic E-state index is 0.0325. The van der Waals surface area contributed by atoms with Crippen LogP contribution < -0.4 is 0 Å². The van der Waals surface area contributed by atoms with E-state index in [4.69, 9.17) is 16.6 Å². The first-order valence-corrected chi connectivity index (χ1v) is 7.16. The summed E-state index contributed by atoms with van der Waals surface area (Å²) in [6.07, 6.45) is 0.876. The van der Waals surface area contributed by atoms with Gasteiger partial charge >= 0.3 is 0 Å². The number of rotatable bonds is 3. The van der Waals surface area contributed by atoms with Gasteiger partial charge < -0.3 is 9.40 Å². The molecule has 3 aromatic rings. The highest BCUT2D eigenvalue weighted by Gasteiger charge is 2.20. The highest BCUT2D eigenvalue weighted by molar-refractivity contribution is 7.71. The molecule has 1 N–H and O–H groups in total. The van der Waals surface area contributed by atoms with E-state index in [1.54, 1.807) is 0 Å². The number of hydrogen-bond acceptors (Lipinski definition) is 3. The molecule has 0 fully saturated rings. The number of nitrogens with one attached hydrogen (secondary N) is 1. The third-order valence-corrected chi connectivity index (χ3v) is 3.96. The molecule has 0 radical (unpaired) electrons. The SMILES string of the molecule is CCc1nn(C)c2c1[nH]c(=S)n2C(C)c1ccc(C)o1. The number of aryl methyl sites for hydroxylation is 3. The second kappa shape index (κ2) is 4.63. The van der Waals surface area contributed by atoms with Crippen LogP contribution in [-0.4, -0.2) is 19.3 Å². The normalized spacial score (nSPS) is 13.2. The van der Waals surface area contributed by atoms with Gasteiger partial charge in [0.05, 0.1) is 11.7 Å². The second-order valence-corrected chi connectivity index (χ2v) is 5.43. The average molecular weight is 290 g/mol. The van der Waals surface area contributed by atoms with Crippen LogP contribution in [0.3, 0.4) is 0 Å². The van der Waals surface area contributed by atoms with E-state index in [2.05, 4.69) is 28.5 Å². The van der Waals surface area contributed by atoms with Gasteiger partial charge in [-0.3, -0.25) is 9.25 Å². The maximum absolute atomic E-state index is 5.74. The van der Waals surface area contributed by atoms with Gasteiger partial charge in [0.2, 0.25) is 0 Å². The zero-order valence-corrected chi connectivity index (χ0v) is 12.9. The summed E-state index contributed by atoms with van der Waals surface area (Å²) in [6.45, 7) is 6.12. The predicted octanol–water partition coefficient (Wildman–Crippen LogP) is 3.51. The fourth-order valence-electron chi connectivity index (χ4n) is 2.65. The van der Waals surface area contributed by atoms with Crippen molar-refractivity contribution >= 4 is 23.4 Å². The molecule has 0 aliphatic rings. The quantitative estimate of drug-likeness (QED) is 0.751. The molecule has 0 aliphatic carbocycles.